The molecule has 0 aliphatic heterocycles. The number of carbonyl (C=O) groups is 1. The van der Waals surface area contributed by atoms with Crippen LogP contribution in [0.5, 0.6) is 5.88 Å². The van der Waals surface area contributed by atoms with Crippen molar-refractivity contribution in [2.24, 2.45) is 0 Å². The summed E-state index contributed by atoms with van der Waals surface area (Å²) in [4.78, 5) is 23.7. The van der Waals surface area contributed by atoms with Crippen molar-refractivity contribution in [3.05, 3.63) is 42.1 Å². The van der Waals surface area contributed by atoms with Gasteiger partial charge in [0.25, 0.3) is 5.91 Å². The first-order valence-electron chi connectivity index (χ1n) is 8.18. The Morgan fingerprint density at radius 3 is 2.54 bits per heavy atom. The largest absolute Gasteiger partial charge is 0.468 e. The molecular formula is C17H17F3N4O2. The monoisotopic (exact) mass is 366 g/mol. The van der Waals surface area contributed by atoms with Gasteiger partial charge in [-0.2, -0.15) is 13.2 Å². The van der Waals surface area contributed by atoms with Gasteiger partial charge in [0.1, 0.15) is 6.33 Å². The molecule has 3 rings (SSSR count). The number of halogens is 3. The van der Waals surface area contributed by atoms with E-state index in [-0.39, 0.29) is 17.4 Å². The molecular weight excluding hydrogens is 349 g/mol. The topological polar surface area (TPSA) is 77.0 Å². The highest BCUT2D eigenvalue weighted by Gasteiger charge is 2.30. The van der Waals surface area contributed by atoms with Crippen LogP contribution in [0, 0.1) is 0 Å². The zero-order chi connectivity index (χ0) is 18.6. The molecule has 1 fully saturated rings. The SMILES string of the molecule is O=C(Nc1cnc(OCC(F)(F)F)c(C2CCCC2)c1)c1cncnc1. The van der Waals surface area contributed by atoms with Gasteiger partial charge in [0.05, 0.1) is 17.4 Å². The van der Waals surface area contributed by atoms with Gasteiger partial charge in [-0.1, -0.05) is 12.8 Å². The van der Waals surface area contributed by atoms with Crippen LogP contribution >= 0.6 is 0 Å². The van der Waals surface area contributed by atoms with Crippen molar-refractivity contribution >= 4 is 11.6 Å². The first-order valence-corrected chi connectivity index (χ1v) is 8.18. The highest BCUT2D eigenvalue weighted by atomic mass is 19.4. The van der Waals surface area contributed by atoms with Crippen molar-refractivity contribution in [3.63, 3.8) is 0 Å². The first kappa shape index (κ1) is 18.1. The van der Waals surface area contributed by atoms with Gasteiger partial charge < -0.3 is 10.1 Å². The minimum absolute atomic E-state index is 0.0322. The number of amides is 1. The second-order valence-electron chi connectivity index (χ2n) is 6.08. The number of hydrogen-bond acceptors (Lipinski definition) is 5. The molecule has 0 unspecified atom stereocenters. The summed E-state index contributed by atoms with van der Waals surface area (Å²) in [6.45, 7) is -1.40. The molecule has 1 amide bonds. The fourth-order valence-electron chi connectivity index (χ4n) is 2.96. The van der Waals surface area contributed by atoms with Gasteiger partial charge in [0, 0.05) is 18.0 Å². The number of ether oxygens (including phenoxy) is 1. The summed E-state index contributed by atoms with van der Waals surface area (Å²) in [7, 11) is 0. The fourth-order valence-corrected chi connectivity index (χ4v) is 2.96. The molecule has 1 N–H and O–H groups in total. The summed E-state index contributed by atoms with van der Waals surface area (Å²) in [5.74, 6) is -0.383. The van der Waals surface area contributed by atoms with Crippen LogP contribution in [0.1, 0.15) is 47.5 Å². The average Bonchev–Trinajstić information content (AvgIpc) is 3.15. The molecule has 0 atom stereocenters. The van der Waals surface area contributed by atoms with Crippen molar-refractivity contribution in [3.8, 4) is 5.88 Å². The molecule has 0 spiro atoms. The molecule has 138 valence electrons. The van der Waals surface area contributed by atoms with Crippen molar-refractivity contribution < 1.29 is 22.7 Å². The number of aromatic nitrogens is 3. The minimum Gasteiger partial charge on any atom is -0.468 e. The second kappa shape index (κ2) is 7.67. The third-order valence-corrected chi connectivity index (χ3v) is 4.13. The highest BCUT2D eigenvalue weighted by molar-refractivity contribution is 6.03. The van der Waals surface area contributed by atoms with Gasteiger partial charge in [-0.05, 0) is 24.8 Å². The van der Waals surface area contributed by atoms with E-state index in [1.165, 1.54) is 24.9 Å². The van der Waals surface area contributed by atoms with E-state index in [9.17, 15) is 18.0 Å². The molecule has 2 aromatic rings. The predicted octanol–water partition coefficient (Wildman–Crippen LogP) is 3.72. The van der Waals surface area contributed by atoms with Crippen molar-refractivity contribution in [2.45, 2.75) is 37.8 Å². The third-order valence-electron chi connectivity index (χ3n) is 4.13. The van der Waals surface area contributed by atoms with Crippen molar-refractivity contribution in [2.75, 3.05) is 11.9 Å². The molecule has 0 radical (unpaired) electrons. The molecule has 1 aliphatic rings. The molecule has 2 heterocycles. The van der Waals surface area contributed by atoms with Gasteiger partial charge in [0.15, 0.2) is 6.61 Å². The minimum atomic E-state index is -4.44. The lowest BCUT2D eigenvalue weighted by Gasteiger charge is -2.17. The zero-order valence-electron chi connectivity index (χ0n) is 13.8. The Balaban J connectivity index is 1.81. The van der Waals surface area contributed by atoms with Gasteiger partial charge in [-0.25, -0.2) is 15.0 Å². The van der Waals surface area contributed by atoms with Crippen molar-refractivity contribution in [1.29, 1.82) is 0 Å². The number of rotatable bonds is 5. The summed E-state index contributed by atoms with van der Waals surface area (Å²) < 4.78 is 42.3. The van der Waals surface area contributed by atoms with E-state index in [0.29, 0.717) is 11.3 Å². The maximum absolute atomic E-state index is 12.5. The van der Waals surface area contributed by atoms with Crippen LogP contribution in [0.3, 0.4) is 0 Å². The predicted molar refractivity (Wildman–Crippen MR) is 87.0 cm³/mol. The number of hydrogen-bond donors (Lipinski definition) is 1. The lowest BCUT2D eigenvalue weighted by Crippen LogP contribution is -2.20. The van der Waals surface area contributed by atoms with Crippen molar-refractivity contribution in [1.82, 2.24) is 15.0 Å². The molecule has 1 aliphatic carbocycles. The quantitative estimate of drug-likeness (QED) is 0.873. The number of anilines is 1. The number of carbonyl (C=O) groups excluding carboxylic acids is 1. The van der Waals surface area contributed by atoms with E-state index in [1.807, 2.05) is 0 Å². The van der Waals surface area contributed by atoms with E-state index in [4.69, 9.17) is 4.74 Å². The van der Waals surface area contributed by atoms with E-state index >= 15 is 0 Å². The Bertz CT molecular complexity index is 762. The van der Waals surface area contributed by atoms with Gasteiger partial charge in [-0.3, -0.25) is 4.79 Å². The van der Waals surface area contributed by atoms with Crippen LogP contribution in [0.25, 0.3) is 0 Å². The molecule has 2 aromatic heterocycles. The van der Waals surface area contributed by atoms with Crippen LogP contribution in [-0.2, 0) is 0 Å². The Morgan fingerprint density at radius 2 is 1.88 bits per heavy atom. The second-order valence-corrected chi connectivity index (χ2v) is 6.08. The van der Waals surface area contributed by atoms with Gasteiger partial charge in [-0.15, -0.1) is 0 Å². The summed E-state index contributed by atoms with van der Waals surface area (Å²) in [6.07, 6.45) is 4.61. The van der Waals surface area contributed by atoms with E-state index in [1.54, 1.807) is 6.07 Å². The Labute approximate surface area is 147 Å². The molecule has 0 aromatic carbocycles. The normalized spacial score (nSPS) is 15.0. The maximum atomic E-state index is 12.5. The standard InChI is InChI=1S/C17H17F3N4O2/c18-17(19,20)9-26-16-14(11-3-1-2-4-11)5-13(8-23-16)24-15(25)12-6-21-10-22-7-12/h5-8,10-11H,1-4,9H2,(H,24,25). The van der Waals surface area contributed by atoms with E-state index < -0.39 is 18.7 Å². The Hall–Kier alpha value is -2.71. The van der Waals surface area contributed by atoms with Gasteiger partial charge in [0.2, 0.25) is 5.88 Å². The number of pyridine rings is 1. The van der Waals surface area contributed by atoms with Crippen LogP contribution in [0.15, 0.2) is 31.0 Å². The Kier molecular flexibility index (Phi) is 5.34. The van der Waals surface area contributed by atoms with Gasteiger partial charge >= 0.3 is 6.18 Å². The summed E-state index contributed by atoms with van der Waals surface area (Å²) in [5, 5.41) is 2.66. The summed E-state index contributed by atoms with van der Waals surface area (Å²) in [5.41, 5.74) is 1.25. The molecule has 6 nitrogen and oxygen atoms in total. The number of nitrogens with one attached hydrogen (secondary N) is 1. The van der Waals surface area contributed by atoms with Crippen LogP contribution in [0.4, 0.5) is 18.9 Å². The average molecular weight is 366 g/mol. The van der Waals surface area contributed by atoms with Crippen LogP contribution < -0.4 is 10.1 Å². The highest BCUT2D eigenvalue weighted by Crippen LogP contribution is 2.39. The summed E-state index contributed by atoms with van der Waals surface area (Å²) >= 11 is 0. The molecule has 0 saturated heterocycles. The summed E-state index contributed by atoms with van der Waals surface area (Å²) in [6, 6.07) is 1.64. The molecule has 1 saturated carbocycles. The smallest absolute Gasteiger partial charge is 0.422 e. The molecule has 26 heavy (non-hydrogen) atoms. The van der Waals surface area contributed by atoms with Crippen LogP contribution in [0.2, 0.25) is 0 Å². The third kappa shape index (κ3) is 4.68. The van der Waals surface area contributed by atoms with Crippen LogP contribution in [-0.4, -0.2) is 33.6 Å². The van der Waals surface area contributed by atoms with E-state index in [2.05, 4.69) is 20.3 Å². The number of alkyl halides is 3. The zero-order valence-corrected chi connectivity index (χ0v) is 13.8. The fraction of sp³-hybridized carbons (Fsp3) is 0.412. The maximum Gasteiger partial charge on any atom is 0.422 e. The molecule has 0 bridgehead atoms. The lowest BCUT2D eigenvalue weighted by atomic mass is 9.98. The Morgan fingerprint density at radius 1 is 1.19 bits per heavy atom. The first-order chi connectivity index (χ1) is 12.4. The lowest BCUT2D eigenvalue weighted by molar-refractivity contribution is -0.154. The van der Waals surface area contributed by atoms with E-state index in [0.717, 1.165) is 25.7 Å². The molecule has 9 heteroatoms. The number of nitrogens with zero attached hydrogens (tertiary/aromatic N) is 3.